The lowest BCUT2D eigenvalue weighted by molar-refractivity contribution is 0.134. The molecule has 28 heavy (non-hydrogen) atoms. The summed E-state index contributed by atoms with van der Waals surface area (Å²) < 4.78 is 5.97. The van der Waals surface area contributed by atoms with Gasteiger partial charge in [-0.3, -0.25) is 9.69 Å². The van der Waals surface area contributed by atoms with Crippen molar-refractivity contribution in [2.75, 3.05) is 52.1 Å². The molecule has 0 spiro atoms. The number of aromatic amines is 1. The summed E-state index contributed by atoms with van der Waals surface area (Å²) in [4.78, 5) is 19.1. The lowest BCUT2D eigenvalue weighted by Crippen LogP contribution is -2.45. The van der Waals surface area contributed by atoms with Crippen molar-refractivity contribution in [2.24, 2.45) is 0 Å². The van der Waals surface area contributed by atoms with Crippen LogP contribution < -0.4 is 16.0 Å². The van der Waals surface area contributed by atoms with Crippen molar-refractivity contribution in [1.82, 2.24) is 14.8 Å². The third-order valence-corrected chi connectivity index (χ3v) is 4.89. The third kappa shape index (κ3) is 3.99. The van der Waals surface area contributed by atoms with Crippen LogP contribution in [-0.4, -0.2) is 61.2 Å². The number of nitriles is 2. The Bertz CT molecular complexity index is 993. The van der Waals surface area contributed by atoms with Gasteiger partial charge in [0.2, 0.25) is 0 Å². The van der Waals surface area contributed by atoms with Crippen molar-refractivity contribution in [3.63, 3.8) is 0 Å². The maximum absolute atomic E-state index is 12.2. The maximum Gasteiger partial charge on any atom is 0.268 e. The number of para-hydroxylation sites is 1. The van der Waals surface area contributed by atoms with E-state index < -0.39 is 5.56 Å². The number of hydrogen-bond donors (Lipinski definition) is 2. The molecule has 1 saturated heterocycles. The molecule has 3 rings (SSSR count). The van der Waals surface area contributed by atoms with Crippen LogP contribution >= 0.6 is 0 Å². The lowest BCUT2D eigenvalue weighted by atomic mass is 9.96. The molecule has 1 aliphatic heterocycles. The van der Waals surface area contributed by atoms with E-state index in [1.807, 2.05) is 18.2 Å². The number of piperazine rings is 1. The van der Waals surface area contributed by atoms with E-state index in [1.54, 1.807) is 18.2 Å². The van der Waals surface area contributed by atoms with Crippen LogP contribution in [0.5, 0.6) is 5.75 Å². The summed E-state index contributed by atoms with van der Waals surface area (Å²) in [6.07, 6.45) is 0. The molecule has 1 aliphatic rings. The molecule has 3 N–H and O–H groups in total. The van der Waals surface area contributed by atoms with Crippen LogP contribution in [0, 0.1) is 22.7 Å². The molecule has 1 aromatic carbocycles. The van der Waals surface area contributed by atoms with Gasteiger partial charge in [0, 0.05) is 43.9 Å². The van der Waals surface area contributed by atoms with Gasteiger partial charge in [-0.05, 0) is 13.1 Å². The van der Waals surface area contributed by atoms with Crippen LogP contribution in [0.4, 0.5) is 5.82 Å². The molecular weight excluding hydrogens is 356 g/mol. The number of nitrogens with two attached hydrogens (primary N) is 1. The first-order chi connectivity index (χ1) is 13.5. The molecule has 0 unspecified atom stereocenters. The Morgan fingerprint density at radius 1 is 1.14 bits per heavy atom. The quantitative estimate of drug-likeness (QED) is 0.795. The van der Waals surface area contributed by atoms with Gasteiger partial charge in [0.05, 0.1) is 0 Å². The number of nitrogens with one attached hydrogen (secondary N) is 1. The van der Waals surface area contributed by atoms with Crippen LogP contribution in [0.25, 0.3) is 11.1 Å². The minimum Gasteiger partial charge on any atom is -0.492 e. The lowest BCUT2D eigenvalue weighted by Gasteiger charge is -2.32. The first-order valence-electron chi connectivity index (χ1n) is 9.04. The predicted molar refractivity (Wildman–Crippen MR) is 106 cm³/mol. The van der Waals surface area contributed by atoms with E-state index in [0.717, 1.165) is 32.7 Å². The highest BCUT2D eigenvalue weighted by Gasteiger charge is 2.21. The average molecular weight is 378 g/mol. The molecule has 0 aliphatic carbocycles. The van der Waals surface area contributed by atoms with Crippen molar-refractivity contribution < 1.29 is 4.74 Å². The predicted octanol–water partition coefficient (Wildman–Crippen LogP) is 0.994. The minimum absolute atomic E-state index is 0.0614. The highest BCUT2D eigenvalue weighted by atomic mass is 16.5. The number of nitrogen functional groups attached to an aromatic ring is 1. The summed E-state index contributed by atoms with van der Waals surface area (Å²) in [6, 6.07) is 10.9. The zero-order valence-electron chi connectivity index (χ0n) is 15.7. The fourth-order valence-corrected chi connectivity index (χ4v) is 3.27. The first kappa shape index (κ1) is 19.4. The van der Waals surface area contributed by atoms with Gasteiger partial charge in [-0.2, -0.15) is 10.5 Å². The number of aromatic nitrogens is 1. The Labute approximate surface area is 163 Å². The highest BCUT2D eigenvalue weighted by Crippen LogP contribution is 2.34. The van der Waals surface area contributed by atoms with Gasteiger partial charge in [0.1, 0.15) is 41.4 Å². The van der Waals surface area contributed by atoms with Gasteiger partial charge in [-0.1, -0.05) is 18.2 Å². The van der Waals surface area contributed by atoms with Crippen molar-refractivity contribution in [3.05, 3.63) is 45.7 Å². The van der Waals surface area contributed by atoms with E-state index in [2.05, 4.69) is 21.8 Å². The fourth-order valence-electron chi connectivity index (χ4n) is 3.27. The summed E-state index contributed by atoms with van der Waals surface area (Å²) in [5, 5.41) is 19.0. The fraction of sp³-hybridized carbons (Fsp3) is 0.350. The Kier molecular flexibility index (Phi) is 5.95. The molecule has 8 nitrogen and oxygen atoms in total. The van der Waals surface area contributed by atoms with Crippen molar-refractivity contribution in [2.45, 2.75) is 0 Å². The standard InChI is InChI=1S/C20H22N6O2/c1-25-6-8-26(9-7-25)10-11-28-17-5-3-2-4-14(17)18-15(12-21)19(23)24-20(27)16(18)13-22/h2-5H,6-11H2,1H3,(H3,23,24,27). The molecule has 8 heteroatoms. The molecule has 0 amide bonds. The normalized spacial score (nSPS) is 15.0. The monoisotopic (exact) mass is 378 g/mol. The second-order valence-corrected chi connectivity index (χ2v) is 6.71. The third-order valence-electron chi connectivity index (χ3n) is 4.89. The van der Waals surface area contributed by atoms with E-state index in [0.29, 0.717) is 17.9 Å². The second kappa shape index (κ2) is 8.57. The smallest absolute Gasteiger partial charge is 0.268 e. The molecular formula is C20H22N6O2. The van der Waals surface area contributed by atoms with Crippen LogP contribution in [0.3, 0.4) is 0 Å². The Morgan fingerprint density at radius 2 is 1.82 bits per heavy atom. The number of hydrogen-bond acceptors (Lipinski definition) is 7. The zero-order chi connectivity index (χ0) is 20.1. The molecule has 144 valence electrons. The Morgan fingerprint density at radius 3 is 2.50 bits per heavy atom. The van der Waals surface area contributed by atoms with Gasteiger partial charge in [0.15, 0.2) is 0 Å². The number of rotatable bonds is 5. The van der Waals surface area contributed by atoms with E-state index >= 15 is 0 Å². The largest absolute Gasteiger partial charge is 0.492 e. The molecule has 2 aromatic rings. The average Bonchev–Trinajstić information content (AvgIpc) is 2.69. The topological polar surface area (TPSA) is 122 Å². The van der Waals surface area contributed by atoms with Gasteiger partial charge >= 0.3 is 0 Å². The van der Waals surface area contributed by atoms with Crippen LogP contribution in [0.2, 0.25) is 0 Å². The van der Waals surface area contributed by atoms with Crippen LogP contribution in [-0.2, 0) is 0 Å². The minimum atomic E-state index is -0.624. The number of ether oxygens (including phenoxy) is 1. The zero-order valence-corrected chi connectivity index (χ0v) is 15.7. The number of likely N-dealkylation sites (N-methyl/N-ethyl adjacent to an activating group) is 1. The molecule has 2 heterocycles. The summed E-state index contributed by atoms with van der Waals surface area (Å²) in [5.41, 5.74) is 5.82. The van der Waals surface area contributed by atoms with Gasteiger partial charge in [-0.15, -0.1) is 0 Å². The number of anilines is 1. The molecule has 0 saturated carbocycles. The Hall–Kier alpha value is -3.33. The number of H-pyrrole nitrogens is 1. The number of pyridine rings is 1. The maximum atomic E-state index is 12.2. The van der Waals surface area contributed by atoms with Crippen molar-refractivity contribution >= 4 is 5.82 Å². The summed E-state index contributed by atoms with van der Waals surface area (Å²) in [6.45, 7) is 5.27. The summed E-state index contributed by atoms with van der Waals surface area (Å²) in [7, 11) is 2.11. The number of nitrogens with zero attached hydrogens (tertiary/aromatic N) is 4. The summed E-state index contributed by atoms with van der Waals surface area (Å²) >= 11 is 0. The molecule has 1 fully saturated rings. The van der Waals surface area contributed by atoms with E-state index in [1.165, 1.54) is 0 Å². The molecule has 0 radical (unpaired) electrons. The molecule has 0 bridgehead atoms. The van der Waals surface area contributed by atoms with Gasteiger partial charge in [-0.25, -0.2) is 0 Å². The first-order valence-corrected chi connectivity index (χ1v) is 9.04. The second-order valence-electron chi connectivity index (χ2n) is 6.71. The Balaban J connectivity index is 1.88. The summed E-state index contributed by atoms with van der Waals surface area (Å²) in [5.74, 6) is 0.448. The van der Waals surface area contributed by atoms with Gasteiger partial charge < -0.3 is 20.4 Å². The van der Waals surface area contributed by atoms with Crippen LogP contribution in [0.15, 0.2) is 29.1 Å². The highest BCUT2D eigenvalue weighted by molar-refractivity contribution is 5.83. The molecule has 1 aromatic heterocycles. The van der Waals surface area contributed by atoms with E-state index in [9.17, 15) is 15.3 Å². The molecule has 0 atom stereocenters. The van der Waals surface area contributed by atoms with Gasteiger partial charge in [0.25, 0.3) is 5.56 Å². The van der Waals surface area contributed by atoms with E-state index in [-0.39, 0.29) is 22.5 Å². The number of benzene rings is 1. The van der Waals surface area contributed by atoms with Crippen molar-refractivity contribution in [3.8, 4) is 29.0 Å². The van der Waals surface area contributed by atoms with Crippen molar-refractivity contribution in [1.29, 1.82) is 10.5 Å². The SMILES string of the molecule is CN1CCN(CCOc2ccccc2-c2c(C#N)c(N)[nH]c(=O)c2C#N)CC1. The van der Waals surface area contributed by atoms with Crippen LogP contribution in [0.1, 0.15) is 11.1 Å². The van der Waals surface area contributed by atoms with E-state index in [4.69, 9.17) is 10.5 Å².